The number of rotatable bonds is 5. The van der Waals surface area contributed by atoms with Crippen molar-refractivity contribution in [3.8, 4) is 17.1 Å². The number of fused-ring (bicyclic) bond motifs is 1. The molecule has 0 spiro atoms. The highest BCUT2D eigenvalue weighted by Crippen LogP contribution is 2.33. The molecule has 5 aromatic rings. The summed E-state index contributed by atoms with van der Waals surface area (Å²) in [5.41, 5.74) is 4.45. The summed E-state index contributed by atoms with van der Waals surface area (Å²) in [5, 5.41) is 11.3. The van der Waals surface area contributed by atoms with Gasteiger partial charge in [-0.1, -0.05) is 59.8 Å². The molecule has 7 heteroatoms. The molecule has 0 bridgehead atoms. The fourth-order valence-corrected chi connectivity index (χ4v) is 4.79. The molecule has 0 atom stereocenters. The summed E-state index contributed by atoms with van der Waals surface area (Å²) in [6, 6.07) is 24.1. The molecule has 0 saturated carbocycles. The molecule has 0 fully saturated rings. The van der Waals surface area contributed by atoms with Gasteiger partial charge in [-0.25, -0.2) is 4.39 Å². The number of para-hydroxylation sites is 2. The van der Waals surface area contributed by atoms with Gasteiger partial charge < -0.3 is 0 Å². The van der Waals surface area contributed by atoms with Crippen LogP contribution in [0.4, 0.5) is 4.39 Å². The number of hydrogen-bond acceptors (Lipinski definition) is 4. The predicted octanol–water partition coefficient (Wildman–Crippen LogP) is 6.88. The Morgan fingerprint density at radius 1 is 0.906 bits per heavy atom. The van der Waals surface area contributed by atoms with Gasteiger partial charge in [-0.15, -0.1) is 10.2 Å². The van der Waals surface area contributed by atoms with E-state index < -0.39 is 0 Å². The Kier molecular flexibility index (Phi) is 5.64. The number of pyridine rings is 1. The van der Waals surface area contributed by atoms with E-state index in [0.29, 0.717) is 21.8 Å². The maximum absolute atomic E-state index is 13.5. The van der Waals surface area contributed by atoms with Crippen LogP contribution < -0.4 is 0 Å². The summed E-state index contributed by atoms with van der Waals surface area (Å²) in [6.07, 6.45) is 0. The number of hydrogen-bond donors (Lipinski definition) is 0. The molecule has 0 aliphatic heterocycles. The van der Waals surface area contributed by atoms with Gasteiger partial charge in [0.05, 0.1) is 16.2 Å². The molecule has 0 unspecified atom stereocenters. The minimum absolute atomic E-state index is 0.290. The van der Waals surface area contributed by atoms with E-state index in [1.807, 2.05) is 66.1 Å². The summed E-state index contributed by atoms with van der Waals surface area (Å²) in [4.78, 5) is 4.78. The predicted molar refractivity (Wildman–Crippen MR) is 128 cm³/mol. The van der Waals surface area contributed by atoms with Crippen LogP contribution in [-0.4, -0.2) is 19.7 Å². The maximum Gasteiger partial charge on any atom is 0.196 e. The van der Waals surface area contributed by atoms with E-state index in [9.17, 15) is 4.39 Å². The third-order valence-corrected chi connectivity index (χ3v) is 6.68. The summed E-state index contributed by atoms with van der Waals surface area (Å²) < 4.78 is 15.4. The molecule has 0 saturated heterocycles. The second-order valence-corrected chi connectivity index (χ2v) is 8.61. The molecule has 0 aliphatic carbocycles. The molecular weight excluding hydrogens is 443 g/mol. The number of halogens is 2. The average molecular weight is 461 g/mol. The third kappa shape index (κ3) is 3.87. The topological polar surface area (TPSA) is 43.6 Å². The average Bonchev–Trinajstić information content (AvgIpc) is 3.25. The van der Waals surface area contributed by atoms with Crippen molar-refractivity contribution in [3.05, 3.63) is 101 Å². The molecule has 2 heterocycles. The number of nitrogens with zero attached hydrogens (tertiary/aromatic N) is 4. The number of benzene rings is 3. The third-order valence-electron chi connectivity index (χ3n) is 5.23. The van der Waals surface area contributed by atoms with Crippen LogP contribution in [0.3, 0.4) is 0 Å². The van der Waals surface area contributed by atoms with Gasteiger partial charge in [0.1, 0.15) is 5.82 Å². The van der Waals surface area contributed by atoms with Gasteiger partial charge in [0.2, 0.25) is 0 Å². The van der Waals surface area contributed by atoms with Gasteiger partial charge in [0.15, 0.2) is 11.0 Å². The van der Waals surface area contributed by atoms with E-state index in [0.717, 1.165) is 33.4 Å². The summed E-state index contributed by atoms with van der Waals surface area (Å²) in [5.74, 6) is 0.896. The molecule has 158 valence electrons. The highest BCUT2D eigenvalue weighted by Gasteiger charge is 2.18. The zero-order valence-electron chi connectivity index (χ0n) is 17.2. The van der Waals surface area contributed by atoms with E-state index in [1.165, 1.54) is 23.9 Å². The van der Waals surface area contributed by atoms with Crippen molar-refractivity contribution < 1.29 is 4.39 Å². The number of aromatic nitrogens is 4. The minimum Gasteiger partial charge on any atom is -0.270 e. The molecule has 5 rings (SSSR count). The quantitative estimate of drug-likeness (QED) is 0.268. The first-order valence-corrected chi connectivity index (χ1v) is 11.4. The molecule has 0 aliphatic rings. The molecule has 0 amide bonds. The summed E-state index contributed by atoms with van der Waals surface area (Å²) in [6.45, 7) is 2.01. The van der Waals surface area contributed by atoms with Crippen LogP contribution in [0.5, 0.6) is 0 Å². The van der Waals surface area contributed by atoms with E-state index in [2.05, 4.69) is 10.2 Å². The smallest absolute Gasteiger partial charge is 0.196 e. The Hall–Kier alpha value is -3.22. The van der Waals surface area contributed by atoms with E-state index >= 15 is 0 Å². The molecule has 3 aromatic carbocycles. The van der Waals surface area contributed by atoms with Crippen LogP contribution in [0.1, 0.15) is 11.3 Å². The van der Waals surface area contributed by atoms with Crippen LogP contribution in [0.2, 0.25) is 5.02 Å². The molecule has 0 N–H and O–H groups in total. The van der Waals surface area contributed by atoms with Crippen molar-refractivity contribution in [2.45, 2.75) is 17.8 Å². The van der Waals surface area contributed by atoms with Crippen molar-refractivity contribution in [2.75, 3.05) is 0 Å². The molecule has 2 aromatic heterocycles. The van der Waals surface area contributed by atoms with Gasteiger partial charge in [0.25, 0.3) is 0 Å². The van der Waals surface area contributed by atoms with Gasteiger partial charge in [-0.3, -0.25) is 9.55 Å². The van der Waals surface area contributed by atoms with E-state index in [1.54, 1.807) is 12.1 Å². The second-order valence-electron chi connectivity index (χ2n) is 7.29. The lowest BCUT2D eigenvalue weighted by molar-refractivity contribution is 0.628. The van der Waals surface area contributed by atoms with Crippen molar-refractivity contribution in [2.24, 2.45) is 0 Å². The lowest BCUT2D eigenvalue weighted by atomic mass is 10.1. The van der Waals surface area contributed by atoms with Crippen LogP contribution in [0.15, 0.2) is 84.0 Å². The minimum atomic E-state index is -0.290. The van der Waals surface area contributed by atoms with E-state index in [4.69, 9.17) is 16.6 Å². The van der Waals surface area contributed by atoms with Crippen LogP contribution in [0, 0.1) is 12.7 Å². The largest absolute Gasteiger partial charge is 0.270 e. The molecule has 0 radical (unpaired) electrons. The van der Waals surface area contributed by atoms with Gasteiger partial charge in [-0.2, -0.15) is 0 Å². The van der Waals surface area contributed by atoms with Crippen molar-refractivity contribution in [1.82, 2.24) is 19.7 Å². The second kappa shape index (κ2) is 8.73. The Morgan fingerprint density at radius 2 is 1.62 bits per heavy atom. The lowest BCUT2D eigenvalue weighted by Crippen LogP contribution is -2.00. The monoisotopic (exact) mass is 460 g/mol. The highest BCUT2D eigenvalue weighted by molar-refractivity contribution is 7.98. The van der Waals surface area contributed by atoms with Crippen molar-refractivity contribution in [3.63, 3.8) is 0 Å². The first-order valence-electron chi connectivity index (χ1n) is 10.0. The zero-order chi connectivity index (χ0) is 22.1. The standard InChI is InChI=1S/C25H18ClFN4S/c1-16-20-9-5-6-10-21(20)28-22(23(16)26)15-32-25-30-29-24(17-11-13-18(27)14-12-17)31(25)19-7-3-2-4-8-19/h2-14H,15H2,1H3. The first kappa shape index (κ1) is 20.7. The fourth-order valence-electron chi connectivity index (χ4n) is 3.61. The van der Waals surface area contributed by atoms with Gasteiger partial charge in [0, 0.05) is 22.4 Å². The molecule has 32 heavy (non-hydrogen) atoms. The van der Waals surface area contributed by atoms with Crippen LogP contribution in [-0.2, 0) is 5.75 Å². The summed E-state index contributed by atoms with van der Waals surface area (Å²) >= 11 is 8.17. The van der Waals surface area contributed by atoms with Crippen molar-refractivity contribution >= 4 is 34.3 Å². The van der Waals surface area contributed by atoms with Crippen LogP contribution >= 0.6 is 23.4 Å². The zero-order valence-corrected chi connectivity index (χ0v) is 18.7. The van der Waals surface area contributed by atoms with Crippen LogP contribution in [0.25, 0.3) is 28.0 Å². The van der Waals surface area contributed by atoms with E-state index in [-0.39, 0.29) is 5.82 Å². The maximum atomic E-state index is 13.5. The lowest BCUT2D eigenvalue weighted by Gasteiger charge is -2.12. The molecular formula is C25H18ClFN4S. The Labute approximate surface area is 194 Å². The Bertz CT molecular complexity index is 1400. The fraction of sp³-hybridized carbons (Fsp3) is 0.0800. The van der Waals surface area contributed by atoms with Crippen molar-refractivity contribution in [1.29, 1.82) is 0 Å². The Morgan fingerprint density at radius 3 is 2.41 bits per heavy atom. The van der Waals surface area contributed by atoms with Gasteiger partial charge >= 0.3 is 0 Å². The summed E-state index contributed by atoms with van der Waals surface area (Å²) in [7, 11) is 0. The molecule has 4 nitrogen and oxygen atoms in total. The normalized spacial score (nSPS) is 11.2. The first-order chi connectivity index (χ1) is 15.6. The number of aryl methyl sites for hydroxylation is 1. The highest BCUT2D eigenvalue weighted by atomic mass is 35.5. The SMILES string of the molecule is Cc1c(Cl)c(CSc2nnc(-c3ccc(F)cc3)n2-c2ccccc2)nc2ccccc12. The van der Waals surface area contributed by atoms with Gasteiger partial charge in [-0.05, 0) is 55.0 Å². The number of thioether (sulfide) groups is 1. The Balaban J connectivity index is 1.54.